The highest BCUT2D eigenvalue weighted by Crippen LogP contribution is 2.15. The summed E-state index contributed by atoms with van der Waals surface area (Å²) in [4.78, 5) is 15.5. The molecule has 16 heavy (non-hydrogen) atoms. The SMILES string of the molecule is N#CCOc1nc(N=[N+]=[N-])nc(N=[N+]=[N-])n1. The van der Waals surface area contributed by atoms with E-state index in [0.29, 0.717) is 0 Å². The van der Waals surface area contributed by atoms with Crippen LogP contribution in [-0.4, -0.2) is 21.6 Å². The Balaban J connectivity index is 3.13. The molecule has 1 aromatic rings. The van der Waals surface area contributed by atoms with Crippen molar-refractivity contribution in [1.29, 1.82) is 5.26 Å². The first-order chi connectivity index (χ1) is 7.80. The molecule has 0 saturated heterocycles. The van der Waals surface area contributed by atoms with Crippen LogP contribution in [0.5, 0.6) is 6.01 Å². The number of hydrogen-bond donors (Lipinski definition) is 0. The second-order valence-electron chi connectivity index (χ2n) is 2.04. The van der Waals surface area contributed by atoms with Crippen LogP contribution in [0.4, 0.5) is 11.9 Å². The van der Waals surface area contributed by atoms with Gasteiger partial charge in [0.2, 0.25) is 11.9 Å². The molecule has 0 aromatic carbocycles. The van der Waals surface area contributed by atoms with E-state index in [4.69, 9.17) is 21.1 Å². The first kappa shape index (κ1) is 11.0. The number of hydrogen-bond acceptors (Lipinski definition) is 7. The molecule has 0 aliphatic rings. The highest BCUT2D eigenvalue weighted by Gasteiger charge is 2.04. The van der Waals surface area contributed by atoms with E-state index < -0.39 is 0 Å². The lowest BCUT2D eigenvalue weighted by Crippen LogP contribution is -1.99. The van der Waals surface area contributed by atoms with Gasteiger partial charge < -0.3 is 4.74 Å². The second-order valence-corrected chi connectivity index (χ2v) is 2.04. The van der Waals surface area contributed by atoms with Crippen molar-refractivity contribution >= 4 is 11.9 Å². The first-order valence-corrected chi connectivity index (χ1v) is 3.66. The number of aromatic nitrogens is 3. The van der Waals surface area contributed by atoms with Gasteiger partial charge >= 0.3 is 6.01 Å². The van der Waals surface area contributed by atoms with Gasteiger partial charge in [0.1, 0.15) is 6.07 Å². The molecule has 0 radical (unpaired) electrons. The summed E-state index contributed by atoms with van der Waals surface area (Å²) in [7, 11) is 0. The molecule has 0 amide bonds. The maximum Gasteiger partial charge on any atom is 0.321 e. The van der Waals surface area contributed by atoms with Crippen LogP contribution in [0.3, 0.4) is 0 Å². The molecule has 11 nitrogen and oxygen atoms in total. The minimum Gasteiger partial charge on any atom is -0.448 e. The average Bonchev–Trinajstić information content (AvgIpc) is 2.27. The number of ether oxygens (including phenoxy) is 1. The summed E-state index contributed by atoms with van der Waals surface area (Å²) < 4.78 is 4.74. The molecule has 1 aromatic heterocycles. The molecule has 1 heterocycles. The molecular weight excluding hydrogens is 216 g/mol. The van der Waals surface area contributed by atoms with Gasteiger partial charge in [-0.25, -0.2) is 4.98 Å². The Kier molecular flexibility index (Phi) is 3.85. The Morgan fingerprint density at radius 3 is 2.19 bits per heavy atom. The summed E-state index contributed by atoms with van der Waals surface area (Å²) in [6, 6.07) is 1.43. The summed E-state index contributed by atoms with van der Waals surface area (Å²) in [5.74, 6) is -0.624. The average molecular weight is 218 g/mol. The van der Waals surface area contributed by atoms with E-state index >= 15 is 0 Å². The van der Waals surface area contributed by atoms with E-state index in [9.17, 15) is 0 Å². The van der Waals surface area contributed by atoms with Gasteiger partial charge in [-0.3, -0.25) is 0 Å². The third-order valence-corrected chi connectivity index (χ3v) is 1.13. The third kappa shape index (κ3) is 3.00. The molecule has 0 N–H and O–H groups in total. The van der Waals surface area contributed by atoms with Gasteiger partial charge in [-0.15, -0.1) is 0 Å². The molecule has 0 aliphatic carbocycles. The largest absolute Gasteiger partial charge is 0.448 e. The van der Waals surface area contributed by atoms with Crippen LogP contribution in [0.15, 0.2) is 10.2 Å². The van der Waals surface area contributed by atoms with Crippen molar-refractivity contribution in [3.63, 3.8) is 0 Å². The van der Waals surface area contributed by atoms with Crippen molar-refractivity contribution in [3.05, 3.63) is 20.9 Å². The summed E-state index contributed by atoms with van der Waals surface area (Å²) in [5.41, 5.74) is 16.3. The molecule has 0 spiro atoms. The van der Waals surface area contributed by atoms with Crippen molar-refractivity contribution in [1.82, 2.24) is 15.0 Å². The molecule has 0 atom stereocenters. The van der Waals surface area contributed by atoms with Crippen LogP contribution in [0.1, 0.15) is 0 Å². The van der Waals surface area contributed by atoms with Gasteiger partial charge in [0.05, 0.1) is 0 Å². The molecule has 78 valence electrons. The Labute approximate surface area is 87.6 Å². The fourth-order valence-corrected chi connectivity index (χ4v) is 0.666. The van der Waals surface area contributed by atoms with Gasteiger partial charge in [-0.2, -0.15) is 15.2 Å². The van der Waals surface area contributed by atoms with E-state index in [1.807, 2.05) is 0 Å². The molecule has 1 rings (SSSR count). The van der Waals surface area contributed by atoms with Crippen LogP contribution < -0.4 is 4.74 Å². The monoisotopic (exact) mass is 218 g/mol. The molecule has 11 heteroatoms. The van der Waals surface area contributed by atoms with Crippen molar-refractivity contribution in [2.75, 3.05) is 6.61 Å². The zero-order valence-electron chi connectivity index (χ0n) is 7.59. The first-order valence-electron chi connectivity index (χ1n) is 3.66. The Morgan fingerprint density at radius 1 is 1.19 bits per heavy atom. The van der Waals surface area contributed by atoms with Crippen molar-refractivity contribution in [2.24, 2.45) is 10.2 Å². The fraction of sp³-hybridized carbons (Fsp3) is 0.200. The Morgan fingerprint density at radius 2 is 1.75 bits per heavy atom. The molecule has 0 aliphatic heterocycles. The quantitative estimate of drug-likeness (QED) is 0.424. The van der Waals surface area contributed by atoms with E-state index in [1.165, 1.54) is 0 Å². The van der Waals surface area contributed by atoms with Gasteiger partial charge in [0, 0.05) is 9.82 Å². The lowest BCUT2D eigenvalue weighted by atomic mass is 10.8. The molecule has 0 fully saturated rings. The molecule has 0 saturated carbocycles. The Bertz CT molecular complexity index is 482. The van der Waals surface area contributed by atoms with Gasteiger partial charge in [-0.1, -0.05) is 0 Å². The lowest BCUT2D eigenvalue weighted by molar-refractivity contribution is 0.337. The fourth-order valence-electron chi connectivity index (χ4n) is 0.666. The van der Waals surface area contributed by atoms with E-state index in [-0.39, 0.29) is 24.5 Å². The van der Waals surface area contributed by atoms with Crippen LogP contribution >= 0.6 is 0 Å². The number of nitriles is 1. The van der Waals surface area contributed by atoms with Crippen LogP contribution in [0, 0.1) is 11.3 Å². The predicted molar refractivity (Wildman–Crippen MR) is 48.5 cm³/mol. The summed E-state index contributed by atoms with van der Waals surface area (Å²) >= 11 is 0. The molecular formula is C5H2N10O. The Hall–Kier alpha value is -3.08. The highest BCUT2D eigenvalue weighted by atomic mass is 16.5. The van der Waals surface area contributed by atoms with Crippen LogP contribution in [0.2, 0.25) is 0 Å². The van der Waals surface area contributed by atoms with Crippen molar-refractivity contribution in [2.45, 2.75) is 0 Å². The number of nitrogens with zero attached hydrogens (tertiary/aromatic N) is 10. The topological polar surface area (TPSA) is 169 Å². The third-order valence-electron chi connectivity index (χ3n) is 1.13. The number of rotatable bonds is 4. The minimum absolute atomic E-state index is 0.263. The minimum atomic E-state index is -0.312. The highest BCUT2D eigenvalue weighted by molar-refractivity contribution is 5.26. The van der Waals surface area contributed by atoms with E-state index in [2.05, 4.69) is 35.0 Å². The smallest absolute Gasteiger partial charge is 0.321 e. The molecule has 0 bridgehead atoms. The van der Waals surface area contributed by atoms with Crippen molar-refractivity contribution < 1.29 is 4.74 Å². The zero-order valence-corrected chi connectivity index (χ0v) is 7.59. The second kappa shape index (κ2) is 5.61. The molecule has 0 unspecified atom stereocenters. The predicted octanol–water partition coefficient (Wildman–Crippen LogP) is 1.66. The maximum atomic E-state index is 8.26. The van der Waals surface area contributed by atoms with Crippen molar-refractivity contribution in [3.8, 4) is 12.1 Å². The number of azide groups is 2. The standard InChI is InChI=1S/C5H2N10O/c6-1-2-16-5-10-3(12-14-7)9-4(11-5)13-15-8/h2H2. The maximum absolute atomic E-state index is 8.26. The lowest BCUT2D eigenvalue weighted by Gasteiger charge is -1.99. The van der Waals surface area contributed by atoms with Crippen LogP contribution in [-0.2, 0) is 0 Å². The zero-order chi connectivity index (χ0) is 11.8. The van der Waals surface area contributed by atoms with Gasteiger partial charge in [0.15, 0.2) is 6.61 Å². The summed E-state index contributed by atoms with van der Waals surface area (Å²) in [6.07, 6.45) is 0. The van der Waals surface area contributed by atoms with Crippen LogP contribution in [0.25, 0.3) is 20.9 Å². The van der Waals surface area contributed by atoms with E-state index in [1.54, 1.807) is 6.07 Å². The van der Waals surface area contributed by atoms with Gasteiger partial charge in [-0.05, 0) is 21.3 Å². The van der Waals surface area contributed by atoms with E-state index in [0.717, 1.165) is 0 Å². The normalized spacial score (nSPS) is 8.19. The summed E-state index contributed by atoms with van der Waals surface area (Å²) in [6.45, 7) is -0.296. The van der Waals surface area contributed by atoms with Gasteiger partial charge in [0.25, 0.3) is 0 Å². The summed E-state index contributed by atoms with van der Waals surface area (Å²) in [5, 5.41) is 14.4.